The summed E-state index contributed by atoms with van der Waals surface area (Å²) in [6, 6.07) is 26.9. The lowest BCUT2D eigenvalue weighted by Crippen LogP contribution is -2.53. The number of anilines is 1. The maximum atomic E-state index is 14.6. The third-order valence-electron chi connectivity index (χ3n) is 7.51. The van der Waals surface area contributed by atoms with E-state index in [0.29, 0.717) is 12.3 Å². The van der Waals surface area contributed by atoms with Crippen molar-refractivity contribution in [3.05, 3.63) is 123 Å². The highest BCUT2D eigenvalue weighted by molar-refractivity contribution is 9.10. The maximum absolute atomic E-state index is 14.6. The number of halogens is 2. The molecule has 2 amide bonds. The van der Waals surface area contributed by atoms with E-state index in [0.717, 1.165) is 25.5 Å². The van der Waals surface area contributed by atoms with Crippen LogP contribution in [0.4, 0.5) is 5.69 Å². The molecule has 0 saturated heterocycles. The highest BCUT2D eigenvalue weighted by Gasteiger charge is 2.35. The zero-order valence-electron chi connectivity index (χ0n) is 26.8. The molecule has 0 heterocycles. The molecular formula is C36H39BrClN3O5S. The van der Waals surface area contributed by atoms with Gasteiger partial charge in [-0.25, -0.2) is 8.42 Å². The summed E-state index contributed by atoms with van der Waals surface area (Å²) in [6.07, 6.45) is 0.226. The second kappa shape index (κ2) is 16.3. The van der Waals surface area contributed by atoms with Gasteiger partial charge in [0.1, 0.15) is 18.3 Å². The topological polar surface area (TPSA) is 96.0 Å². The maximum Gasteiger partial charge on any atom is 0.264 e. The lowest BCUT2D eigenvalue weighted by molar-refractivity contribution is -0.140. The molecule has 0 aromatic heterocycles. The van der Waals surface area contributed by atoms with Crippen molar-refractivity contribution >= 4 is 55.1 Å². The fourth-order valence-electron chi connectivity index (χ4n) is 4.99. The standard InChI is InChI=1S/C36H39BrClN3O5S/c1-25(2)22-39-36(43)33(20-27-9-6-5-7-10-27)40(23-28-11-8-12-29(37)19-28)35(42)24-41(30-15-18-34(46-4)32(38)21-30)47(44,45)31-16-13-26(3)14-17-31/h5-19,21,25,33H,20,22-24H2,1-4H3,(H,39,43)/t33-/m0/s1. The van der Waals surface area contributed by atoms with Crippen LogP contribution >= 0.6 is 27.5 Å². The molecule has 1 atom stereocenters. The molecule has 4 aromatic rings. The molecule has 11 heteroatoms. The van der Waals surface area contributed by atoms with Gasteiger partial charge in [-0.3, -0.25) is 13.9 Å². The van der Waals surface area contributed by atoms with Gasteiger partial charge in [0.05, 0.1) is 22.7 Å². The molecule has 0 spiro atoms. The van der Waals surface area contributed by atoms with E-state index >= 15 is 0 Å². The first kappa shape index (κ1) is 36.0. The van der Waals surface area contributed by atoms with Crippen molar-refractivity contribution in [1.29, 1.82) is 0 Å². The number of benzene rings is 4. The third-order valence-corrected chi connectivity index (χ3v) is 10.1. The largest absolute Gasteiger partial charge is 0.495 e. The van der Waals surface area contributed by atoms with Crippen LogP contribution in [-0.2, 0) is 32.6 Å². The number of methoxy groups -OCH3 is 1. The molecule has 0 aliphatic rings. The van der Waals surface area contributed by atoms with Gasteiger partial charge >= 0.3 is 0 Å². The van der Waals surface area contributed by atoms with Crippen molar-refractivity contribution in [1.82, 2.24) is 10.2 Å². The number of hydrogen-bond acceptors (Lipinski definition) is 5. The first-order valence-corrected chi connectivity index (χ1v) is 17.8. The summed E-state index contributed by atoms with van der Waals surface area (Å²) in [5, 5.41) is 3.18. The molecule has 0 saturated carbocycles. The summed E-state index contributed by atoms with van der Waals surface area (Å²) >= 11 is 9.96. The first-order valence-electron chi connectivity index (χ1n) is 15.2. The molecular weight excluding hydrogens is 702 g/mol. The highest BCUT2D eigenvalue weighted by atomic mass is 79.9. The number of ether oxygens (including phenoxy) is 1. The van der Waals surface area contributed by atoms with E-state index in [9.17, 15) is 18.0 Å². The molecule has 0 unspecified atom stereocenters. The summed E-state index contributed by atoms with van der Waals surface area (Å²) in [5.41, 5.74) is 2.68. The van der Waals surface area contributed by atoms with E-state index < -0.39 is 28.5 Å². The van der Waals surface area contributed by atoms with Gasteiger partial charge in [-0.15, -0.1) is 0 Å². The van der Waals surface area contributed by atoms with Gasteiger partial charge in [-0.05, 0) is 66.4 Å². The monoisotopic (exact) mass is 739 g/mol. The van der Waals surface area contributed by atoms with Crippen LogP contribution in [0.15, 0.2) is 106 Å². The zero-order chi connectivity index (χ0) is 34.1. The number of aryl methyl sites for hydroxylation is 1. The minimum absolute atomic E-state index is 0.0110. The van der Waals surface area contributed by atoms with E-state index in [4.69, 9.17) is 16.3 Å². The molecule has 248 valence electrons. The number of sulfonamides is 1. The van der Waals surface area contributed by atoms with Crippen molar-refractivity contribution in [2.45, 2.75) is 44.7 Å². The average molecular weight is 741 g/mol. The number of rotatable bonds is 14. The van der Waals surface area contributed by atoms with Gasteiger partial charge in [0, 0.05) is 24.0 Å². The van der Waals surface area contributed by atoms with E-state index in [1.54, 1.807) is 24.3 Å². The molecule has 0 fully saturated rings. The van der Waals surface area contributed by atoms with Crippen LogP contribution in [0.3, 0.4) is 0 Å². The van der Waals surface area contributed by atoms with Crippen LogP contribution in [0.5, 0.6) is 5.75 Å². The predicted octanol–water partition coefficient (Wildman–Crippen LogP) is 7.03. The Labute approximate surface area is 290 Å². The van der Waals surface area contributed by atoms with E-state index in [-0.39, 0.29) is 40.4 Å². The average Bonchev–Trinajstić information content (AvgIpc) is 3.04. The Kier molecular flexibility index (Phi) is 12.5. The molecule has 8 nitrogen and oxygen atoms in total. The first-order chi connectivity index (χ1) is 22.4. The third kappa shape index (κ3) is 9.59. The number of amides is 2. The molecule has 4 rings (SSSR count). The van der Waals surface area contributed by atoms with Gasteiger partial charge < -0.3 is 15.0 Å². The Morgan fingerprint density at radius 1 is 0.915 bits per heavy atom. The van der Waals surface area contributed by atoms with Crippen LogP contribution in [0, 0.1) is 12.8 Å². The Morgan fingerprint density at radius 3 is 2.21 bits per heavy atom. The number of hydrogen-bond donors (Lipinski definition) is 1. The lowest BCUT2D eigenvalue weighted by Gasteiger charge is -2.34. The highest BCUT2D eigenvalue weighted by Crippen LogP contribution is 2.32. The Hall–Kier alpha value is -3.86. The second-order valence-corrected chi connectivity index (χ2v) is 14.8. The van der Waals surface area contributed by atoms with Crippen molar-refractivity contribution in [2.75, 3.05) is 24.5 Å². The van der Waals surface area contributed by atoms with Gasteiger partial charge in [-0.2, -0.15) is 0 Å². The van der Waals surface area contributed by atoms with Gasteiger partial charge in [-0.1, -0.05) is 102 Å². The SMILES string of the molecule is COc1ccc(N(CC(=O)N(Cc2cccc(Br)c2)[C@@H](Cc2ccccc2)C(=O)NCC(C)C)S(=O)(=O)c2ccc(C)cc2)cc1Cl. The Bertz CT molecular complexity index is 1790. The Balaban J connectivity index is 1.82. The molecule has 1 N–H and O–H groups in total. The molecule has 47 heavy (non-hydrogen) atoms. The summed E-state index contributed by atoms with van der Waals surface area (Å²) < 4.78 is 35.6. The minimum Gasteiger partial charge on any atom is -0.495 e. The van der Waals surface area contributed by atoms with E-state index in [1.165, 1.54) is 30.2 Å². The second-order valence-electron chi connectivity index (χ2n) is 11.6. The van der Waals surface area contributed by atoms with E-state index in [2.05, 4.69) is 21.2 Å². The predicted molar refractivity (Wildman–Crippen MR) is 190 cm³/mol. The summed E-state index contributed by atoms with van der Waals surface area (Å²) in [6.45, 7) is 5.73. The fourth-order valence-corrected chi connectivity index (χ4v) is 7.09. The minimum atomic E-state index is -4.26. The number of carbonyl (C=O) groups is 2. The Morgan fingerprint density at radius 2 is 1.60 bits per heavy atom. The number of nitrogens with zero attached hydrogens (tertiary/aromatic N) is 2. The summed E-state index contributed by atoms with van der Waals surface area (Å²) in [7, 11) is -2.80. The van der Waals surface area contributed by atoms with Crippen molar-refractivity contribution in [3.8, 4) is 5.75 Å². The van der Waals surface area contributed by atoms with Gasteiger partial charge in [0.2, 0.25) is 11.8 Å². The quantitative estimate of drug-likeness (QED) is 0.150. The zero-order valence-corrected chi connectivity index (χ0v) is 30.0. The smallest absolute Gasteiger partial charge is 0.264 e. The molecule has 0 aliphatic heterocycles. The van der Waals surface area contributed by atoms with Crippen LogP contribution in [0.1, 0.15) is 30.5 Å². The van der Waals surface area contributed by atoms with Crippen LogP contribution in [0.2, 0.25) is 5.02 Å². The molecule has 0 radical (unpaired) electrons. The number of nitrogens with one attached hydrogen (secondary N) is 1. The molecule has 0 bridgehead atoms. The number of carbonyl (C=O) groups excluding carboxylic acids is 2. The van der Waals surface area contributed by atoms with E-state index in [1.807, 2.05) is 75.4 Å². The van der Waals surface area contributed by atoms with Crippen molar-refractivity contribution in [3.63, 3.8) is 0 Å². The fraction of sp³-hybridized carbons (Fsp3) is 0.278. The van der Waals surface area contributed by atoms with Gasteiger partial charge in [0.15, 0.2) is 0 Å². The molecule has 0 aliphatic carbocycles. The van der Waals surface area contributed by atoms with Crippen LogP contribution in [-0.4, -0.2) is 51.4 Å². The van der Waals surface area contributed by atoms with Crippen LogP contribution in [0.25, 0.3) is 0 Å². The molecule has 4 aromatic carbocycles. The lowest BCUT2D eigenvalue weighted by atomic mass is 10.0. The van der Waals surface area contributed by atoms with Gasteiger partial charge in [0.25, 0.3) is 10.0 Å². The van der Waals surface area contributed by atoms with Crippen LogP contribution < -0.4 is 14.4 Å². The summed E-state index contributed by atoms with van der Waals surface area (Å²) in [4.78, 5) is 30.0. The summed E-state index contributed by atoms with van der Waals surface area (Å²) in [5.74, 6) is -0.351. The normalized spacial score (nSPS) is 12.0. The van der Waals surface area contributed by atoms with Crippen molar-refractivity contribution < 1.29 is 22.7 Å². The van der Waals surface area contributed by atoms with Crippen molar-refractivity contribution in [2.24, 2.45) is 5.92 Å².